The minimum atomic E-state index is -1.03. The number of aryl methyl sites for hydroxylation is 1. The summed E-state index contributed by atoms with van der Waals surface area (Å²) in [6, 6.07) is 5.41. The molecule has 0 aliphatic carbocycles. The highest BCUT2D eigenvalue weighted by Gasteiger charge is 2.16. The van der Waals surface area contributed by atoms with Crippen LogP contribution >= 0.6 is 0 Å². The van der Waals surface area contributed by atoms with Crippen LogP contribution in [0.5, 0.6) is 5.75 Å². The molecular weight excluding hydrogens is 270 g/mol. The van der Waals surface area contributed by atoms with E-state index in [-0.39, 0.29) is 5.91 Å². The SMILES string of the molecule is CCCNC(=O)C(C)Oc1c(C)cccc1/C=C/C(=O)O. The number of aliphatic carboxylic acids is 1. The van der Waals surface area contributed by atoms with Gasteiger partial charge in [0.1, 0.15) is 5.75 Å². The van der Waals surface area contributed by atoms with E-state index in [1.54, 1.807) is 13.0 Å². The molecule has 0 spiro atoms. The Bertz CT molecular complexity index is 537. The number of amides is 1. The van der Waals surface area contributed by atoms with Crippen molar-refractivity contribution in [3.63, 3.8) is 0 Å². The van der Waals surface area contributed by atoms with Crippen LogP contribution in [0.15, 0.2) is 24.3 Å². The number of hydrogen-bond donors (Lipinski definition) is 2. The Morgan fingerprint density at radius 1 is 1.43 bits per heavy atom. The van der Waals surface area contributed by atoms with Gasteiger partial charge in [-0.15, -0.1) is 0 Å². The van der Waals surface area contributed by atoms with E-state index < -0.39 is 12.1 Å². The first-order valence-electron chi connectivity index (χ1n) is 6.90. The number of carbonyl (C=O) groups is 2. The maximum atomic E-state index is 11.8. The van der Waals surface area contributed by atoms with Crippen LogP contribution in [0.4, 0.5) is 0 Å². The van der Waals surface area contributed by atoms with Crippen LogP contribution in [0.2, 0.25) is 0 Å². The zero-order chi connectivity index (χ0) is 15.8. The van der Waals surface area contributed by atoms with Crippen LogP contribution in [0.25, 0.3) is 6.08 Å². The van der Waals surface area contributed by atoms with Crippen LogP contribution in [-0.4, -0.2) is 29.6 Å². The lowest BCUT2D eigenvalue weighted by Crippen LogP contribution is -2.36. The van der Waals surface area contributed by atoms with E-state index in [4.69, 9.17) is 9.84 Å². The summed E-state index contributed by atoms with van der Waals surface area (Å²) in [6.45, 7) is 6.10. The molecule has 1 aromatic rings. The Hall–Kier alpha value is -2.30. The van der Waals surface area contributed by atoms with Crippen LogP contribution in [0.3, 0.4) is 0 Å². The van der Waals surface area contributed by atoms with Gasteiger partial charge in [0.2, 0.25) is 0 Å². The second kappa shape index (κ2) is 8.09. The number of ether oxygens (including phenoxy) is 1. The molecule has 0 fully saturated rings. The van der Waals surface area contributed by atoms with E-state index in [1.165, 1.54) is 6.08 Å². The van der Waals surface area contributed by atoms with Gasteiger partial charge in [-0.25, -0.2) is 4.79 Å². The largest absolute Gasteiger partial charge is 0.480 e. The lowest BCUT2D eigenvalue weighted by molar-refractivity contribution is -0.131. The third-order valence-corrected chi connectivity index (χ3v) is 2.86. The molecule has 0 radical (unpaired) electrons. The molecule has 0 aliphatic heterocycles. The summed E-state index contributed by atoms with van der Waals surface area (Å²) in [5.74, 6) is -0.696. The number of nitrogens with one attached hydrogen (secondary N) is 1. The summed E-state index contributed by atoms with van der Waals surface area (Å²) in [5.41, 5.74) is 1.48. The Morgan fingerprint density at radius 3 is 2.76 bits per heavy atom. The van der Waals surface area contributed by atoms with E-state index in [0.717, 1.165) is 18.1 Å². The predicted molar refractivity (Wildman–Crippen MR) is 81.2 cm³/mol. The number of carboxylic acid groups (broad SMARTS) is 1. The molecule has 21 heavy (non-hydrogen) atoms. The minimum Gasteiger partial charge on any atom is -0.480 e. The number of rotatable bonds is 7. The molecule has 1 rings (SSSR count). The smallest absolute Gasteiger partial charge is 0.328 e. The molecule has 0 saturated heterocycles. The molecule has 5 nitrogen and oxygen atoms in total. The maximum Gasteiger partial charge on any atom is 0.328 e. The Kier molecular flexibility index (Phi) is 6.46. The summed E-state index contributed by atoms with van der Waals surface area (Å²) in [7, 11) is 0. The standard InChI is InChI=1S/C16H21NO4/c1-4-10-17-16(20)12(3)21-15-11(2)6-5-7-13(15)8-9-14(18)19/h5-9,12H,4,10H2,1-3H3,(H,17,20)(H,18,19)/b9-8+. The maximum absolute atomic E-state index is 11.8. The van der Waals surface area contributed by atoms with Crippen molar-refractivity contribution in [1.82, 2.24) is 5.32 Å². The first-order valence-corrected chi connectivity index (χ1v) is 6.90. The summed E-state index contributed by atoms with van der Waals surface area (Å²) in [5, 5.41) is 11.5. The average molecular weight is 291 g/mol. The van der Waals surface area contributed by atoms with Gasteiger partial charge >= 0.3 is 5.97 Å². The Morgan fingerprint density at radius 2 is 2.14 bits per heavy atom. The minimum absolute atomic E-state index is 0.187. The lowest BCUT2D eigenvalue weighted by atomic mass is 10.1. The number of carboxylic acids is 1. The van der Waals surface area contributed by atoms with Gasteiger partial charge in [0.15, 0.2) is 6.10 Å². The highest BCUT2D eigenvalue weighted by atomic mass is 16.5. The molecule has 1 aromatic carbocycles. The summed E-state index contributed by atoms with van der Waals surface area (Å²) in [6.07, 6.45) is 2.72. The molecule has 1 atom stereocenters. The number of carbonyl (C=O) groups excluding carboxylic acids is 1. The fourth-order valence-electron chi connectivity index (χ4n) is 1.75. The summed E-state index contributed by atoms with van der Waals surface area (Å²) < 4.78 is 5.71. The third-order valence-electron chi connectivity index (χ3n) is 2.86. The highest BCUT2D eigenvalue weighted by Crippen LogP contribution is 2.25. The Labute approximate surface area is 124 Å². The molecular formula is C16H21NO4. The van der Waals surface area contributed by atoms with Gasteiger partial charge in [-0.2, -0.15) is 0 Å². The van der Waals surface area contributed by atoms with Crippen LogP contribution in [0, 0.1) is 6.92 Å². The van der Waals surface area contributed by atoms with Crippen molar-refractivity contribution in [2.45, 2.75) is 33.3 Å². The normalized spacial score (nSPS) is 12.1. The van der Waals surface area contributed by atoms with Gasteiger partial charge in [0, 0.05) is 18.2 Å². The van der Waals surface area contributed by atoms with Crippen molar-refractivity contribution in [3.8, 4) is 5.75 Å². The van der Waals surface area contributed by atoms with Crippen molar-refractivity contribution >= 4 is 18.0 Å². The highest BCUT2D eigenvalue weighted by molar-refractivity contribution is 5.86. The number of para-hydroxylation sites is 1. The third kappa shape index (κ3) is 5.30. The van der Waals surface area contributed by atoms with Gasteiger partial charge in [-0.1, -0.05) is 25.1 Å². The molecule has 0 bridgehead atoms. The zero-order valence-electron chi connectivity index (χ0n) is 12.6. The van der Waals surface area contributed by atoms with Gasteiger partial charge in [0.25, 0.3) is 5.91 Å². The fraction of sp³-hybridized carbons (Fsp3) is 0.375. The van der Waals surface area contributed by atoms with E-state index in [0.29, 0.717) is 17.9 Å². The second-order valence-corrected chi connectivity index (χ2v) is 4.72. The molecule has 0 aromatic heterocycles. The van der Waals surface area contributed by atoms with Gasteiger partial charge in [0.05, 0.1) is 0 Å². The average Bonchev–Trinajstić information content (AvgIpc) is 2.45. The Balaban J connectivity index is 2.91. The molecule has 0 heterocycles. The van der Waals surface area contributed by atoms with Crippen molar-refractivity contribution < 1.29 is 19.4 Å². The van der Waals surface area contributed by atoms with E-state index in [2.05, 4.69) is 5.32 Å². The molecule has 0 saturated carbocycles. The number of hydrogen-bond acceptors (Lipinski definition) is 3. The van der Waals surface area contributed by atoms with Crippen molar-refractivity contribution in [1.29, 1.82) is 0 Å². The number of benzene rings is 1. The topological polar surface area (TPSA) is 75.6 Å². The van der Waals surface area contributed by atoms with Crippen molar-refractivity contribution in [2.75, 3.05) is 6.54 Å². The quantitative estimate of drug-likeness (QED) is 0.756. The van der Waals surface area contributed by atoms with E-state index >= 15 is 0 Å². The zero-order valence-corrected chi connectivity index (χ0v) is 12.6. The van der Waals surface area contributed by atoms with Crippen molar-refractivity contribution in [3.05, 3.63) is 35.4 Å². The van der Waals surface area contributed by atoms with Gasteiger partial charge in [-0.05, 0) is 31.9 Å². The lowest BCUT2D eigenvalue weighted by Gasteiger charge is -2.18. The second-order valence-electron chi connectivity index (χ2n) is 4.72. The molecule has 1 unspecified atom stereocenters. The van der Waals surface area contributed by atoms with Gasteiger partial charge < -0.3 is 15.2 Å². The molecule has 114 valence electrons. The molecule has 1 amide bonds. The van der Waals surface area contributed by atoms with E-state index in [1.807, 2.05) is 26.0 Å². The predicted octanol–water partition coefficient (Wildman–Crippen LogP) is 2.39. The fourth-order valence-corrected chi connectivity index (χ4v) is 1.75. The summed E-state index contributed by atoms with van der Waals surface area (Å²) in [4.78, 5) is 22.5. The molecule has 5 heteroatoms. The first kappa shape index (κ1) is 16.8. The first-order chi connectivity index (χ1) is 9.95. The van der Waals surface area contributed by atoms with E-state index in [9.17, 15) is 9.59 Å². The van der Waals surface area contributed by atoms with Crippen molar-refractivity contribution in [2.24, 2.45) is 0 Å². The molecule has 2 N–H and O–H groups in total. The van der Waals surface area contributed by atoms with Crippen LogP contribution < -0.4 is 10.1 Å². The van der Waals surface area contributed by atoms with Crippen LogP contribution in [0.1, 0.15) is 31.4 Å². The summed E-state index contributed by atoms with van der Waals surface area (Å²) >= 11 is 0. The molecule has 0 aliphatic rings. The monoisotopic (exact) mass is 291 g/mol. The van der Waals surface area contributed by atoms with Crippen LogP contribution in [-0.2, 0) is 9.59 Å². The van der Waals surface area contributed by atoms with Gasteiger partial charge in [-0.3, -0.25) is 4.79 Å².